The molecule has 2 heteroatoms. The fraction of sp³-hybridized carbons (Fsp3) is 0.500. The highest BCUT2D eigenvalue weighted by Crippen LogP contribution is 2.24. The van der Waals surface area contributed by atoms with Gasteiger partial charge in [0.2, 0.25) is 0 Å². The summed E-state index contributed by atoms with van der Waals surface area (Å²) in [6.07, 6.45) is 0.975. The first-order valence-corrected chi connectivity index (χ1v) is 3.83. The third kappa shape index (κ3) is 2.07. The van der Waals surface area contributed by atoms with Gasteiger partial charge in [-0.15, -0.1) is 0 Å². The third-order valence-electron chi connectivity index (χ3n) is 1.21. The molecule has 0 aliphatic carbocycles. The van der Waals surface area contributed by atoms with Crippen molar-refractivity contribution in [2.75, 3.05) is 0 Å². The van der Waals surface area contributed by atoms with E-state index in [4.69, 9.17) is 16.4 Å². The Labute approximate surface area is 99.2 Å². The highest BCUT2D eigenvalue weighted by atomic mass is 79.9. The molecule has 0 saturated carbocycles. The van der Waals surface area contributed by atoms with Crippen LogP contribution >= 0.6 is 15.9 Å². The lowest BCUT2D eigenvalue weighted by atomic mass is 9.89. The lowest BCUT2D eigenvalue weighted by molar-refractivity contribution is 0.564. The van der Waals surface area contributed by atoms with Crippen molar-refractivity contribution >= 4 is 15.9 Å². The molecule has 12 heavy (non-hydrogen) atoms. The van der Waals surface area contributed by atoms with Gasteiger partial charge < -0.3 is 0 Å². The number of hydrogen-bond donors (Lipinski definition) is 0. The summed E-state index contributed by atoms with van der Waals surface area (Å²) >= 11 is 2.97. The molecule has 0 aliphatic rings. The Balaban J connectivity index is 4.11. The minimum atomic E-state index is -3.57. The van der Waals surface area contributed by atoms with Crippen molar-refractivity contribution in [1.82, 2.24) is 4.98 Å². The number of hydrogen-bond acceptors (Lipinski definition) is 1. The lowest BCUT2D eigenvalue weighted by Crippen LogP contribution is -2.15. The zero-order valence-corrected chi connectivity index (χ0v) is 7.57. The van der Waals surface area contributed by atoms with Crippen LogP contribution in [0.5, 0.6) is 0 Å². The van der Waals surface area contributed by atoms with E-state index in [1.54, 1.807) is 0 Å². The number of pyridine rings is 1. The average molecular weight is 240 g/mol. The van der Waals surface area contributed by atoms with Gasteiger partial charge in [0.05, 0.1) is 0 Å². The van der Waals surface area contributed by atoms with Gasteiger partial charge in [-0.05, 0) is 34.4 Å². The standard InChI is InChI=1S/C10H14BrN/c1-7-5-8(11)6-12-9(7)10(2,3)4/h5-6H,1-4H3/i1D3,2D3,3D3,4D3. The number of nitrogens with zero attached hydrogens (tertiary/aromatic N) is 1. The second-order valence-corrected chi connectivity index (χ2v) is 3.22. The maximum Gasteiger partial charge on any atom is 0.0487 e. The van der Waals surface area contributed by atoms with Crippen molar-refractivity contribution in [2.45, 2.75) is 32.8 Å². The molecule has 0 saturated heterocycles. The van der Waals surface area contributed by atoms with Gasteiger partial charge in [0.25, 0.3) is 0 Å². The van der Waals surface area contributed by atoms with Crippen molar-refractivity contribution in [3.8, 4) is 0 Å². The van der Waals surface area contributed by atoms with Gasteiger partial charge in [-0.25, -0.2) is 0 Å². The zero-order chi connectivity index (χ0) is 19.4. The Hall–Kier alpha value is -0.370. The second-order valence-electron chi connectivity index (χ2n) is 2.30. The first-order chi connectivity index (χ1) is 10.4. The van der Waals surface area contributed by atoms with Crippen molar-refractivity contribution in [2.24, 2.45) is 0 Å². The Morgan fingerprint density at radius 3 is 2.83 bits per heavy atom. The SMILES string of the molecule is [2H]C([2H])([2H])c1cc(Br)cnc1C(C([2H])([2H])[2H])(C([2H])([2H])[2H])C([2H])([2H])[2H]. The van der Waals surface area contributed by atoms with E-state index in [2.05, 4.69) is 20.9 Å². The fourth-order valence-corrected chi connectivity index (χ4v) is 1.07. The molecular formula is C10H14BrN. The molecule has 0 unspecified atom stereocenters. The molecule has 66 valence electrons. The van der Waals surface area contributed by atoms with E-state index in [1.165, 1.54) is 0 Å². The molecular weight excluding hydrogens is 214 g/mol. The number of aromatic nitrogens is 1. The Bertz CT molecular complexity index is 572. The number of halogens is 1. The average Bonchev–Trinajstić information content (AvgIpc) is 2.24. The predicted molar refractivity (Wildman–Crippen MR) is 55.4 cm³/mol. The van der Waals surface area contributed by atoms with E-state index >= 15 is 0 Å². The van der Waals surface area contributed by atoms with Crippen molar-refractivity contribution < 1.29 is 16.4 Å². The highest BCUT2D eigenvalue weighted by molar-refractivity contribution is 9.10. The quantitative estimate of drug-likeness (QED) is 0.676. The molecule has 0 atom stereocenters. The van der Waals surface area contributed by atoms with Gasteiger partial charge in [-0.2, -0.15) is 0 Å². The molecule has 0 N–H and O–H groups in total. The van der Waals surface area contributed by atoms with Gasteiger partial charge in [-0.1, -0.05) is 20.6 Å². The first kappa shape index (κ1) is 2.35. The largest absolute Gasteiger partial charge is 0.259 e. The zero-order valence-electron chi connectivity index (χ0n) is 18.0. The highest BCUT2D eigenvalue weighted by Gasteiger charge is 2.17. The minimum absolute atomic E-state index is 0.146. The van der Waals surface area contributed by atoms with E-state index in [0.29, 0.717) is 0 Å². The summed E-state index contributed by atoms with van der Waals surface area (Å²) in [4.78, 5) is 3.63. The Morgan fingerprint density at radius 2 is 2.25 bits per heavy atom. The van der Waals surface area contributed by atoms with Gasteiger partial charge in [0.15, 0.2) is 0 Å². The Kier molecular flexibility index (Phi) is 0.622. The van der Waals surface area contributed by atoms with Crippen LogP contribution in [0.2, 0.25) is 0 Å². The van der Waals surface area contributed by atoms with Crippen LogP contribution in [-0.2, 0) is 5.41 Å². The van der Waals surface area contributed by atoms with Crippen molar-refractivity contribution in [3.63, 3.8) is 0 Å². The summed E-state index contributed by atoms with van der Waals surface area (Å²) in [5.41, 5.74) is -5.18. The maximum absolute atomic E-state index is 7.62. The van der Waals surface area contributed by atoms with Gasteiger partial charge >= 0.3 is 0 Å². The van der Waals surface area contributed by atoms with Crippen LogP contribution in [-0.4, -0.2) is 4.98 Å². The van der Waals surface area contributed by atoms with E-state index < -0.39 is 44.1 Å². The topological polar surface area (TPSA) is 12.9 Å². The monoisotopic (exact) mass is 239 g/mol. The third-order valence-corrected chi connectivity index (χ3v) is 1.64. The van der Waals surface area contributed by atoms with Crippen LogP contribution < -0.4 is 0 Å². The molecule has 1 heterocycles. The predicted octanol–water partition coefficient (Wildman–Crippen LogP) is 3.45. The molecule has 0 amide bonds. The fourth-order valence-electron chi connectivity index (χ4n) is 0.738. The van der Waals surface area contributed by atoms with Crippen LogP contribution in [0.4, 0.5) is 0 Å². The molecule has 1 aromatic heterocycles. The van der Waals surface area contributed by atoms with E-state index in [1.807, 2.05) is 0 Å². The lowest BCUT2D eigenvalue weighted by Gasteiger charge is -2.19. The summed E-state index contributed by atoms with van der Waals surface area (Å²) < 4.78 is 91.3. The van der Waals surface area contributed by atoms with Crippen LogP contribution in [0.25, 0.3) is 0 Å². The molecule has 0 radical (unpaired) electrons. The summed E-state index contributed by atoms with van der Waals surface area (Å²) in [7, 11) is 0. The second kappa shape index (κ2) is 3.17. The molecule has 1 nitrogen and oxygen atoms in total. The number of rotatable bonds is 0. The molecule has 0 aliphatic heterocycles. The molecule has 0 spiro atoms. The van der Waals surface area contributed by atoms with Crippen LogP contribution in [0.1, 0.15) is 48.3 Å². The van der Waals surface area contributed by atoms with Crippen molar-refractivity contribution in [1.29, 1.82) is 0 Å². The van der Waals surface area contributed by atoms with Gasteiger partial charge in [0.1, 0.15) is 0 Å². The van der Waals surface area contributed by atoms with E-state index in [-0.39, 0.29) is 4.47 Å². The minimum Gasteiger partial charge on any atom is -0.259 e. The normalized spacial score (nSPS) is 30.8. The summed E-state index contributed by atoms with van der Waals surface area (Å²) in [6, 6.07) is 0.966. The number of aryl methyl sites for hydroxylation is 1. The van der Waals surface area contributed by atoms with Crippen LogP contribution in [0.15, 0.2) is 16.7 Å². The molecule has 0 fully saturated rings. The molecule has 1 aromatic rings. The summed E-state index contributed by atoms with van der Waals surface area (Å²) in [5, 5.41) is 0. The van der Waals surface area contributed by atoms with Gasteiger partial charge in [0, 0.05) is 38.2 Å². The summed E-state index contributed by atoms with van der Waals surface area (Å²) in [6.45, 7) is -13.7. The maximum atomic E-state index is 7.62. The summed E-state index contributed by atoms with van der Waals surface area (Å²) in [5.74, 6) is 0. The molecule has 1 rings (SSSR count). The van der Waals surface area contributed by atoms with Gasteiger partial charge in [-0.3, -0.25) is 4.98 Å². The molecule has 0 aromatic carbocycles. The first-order valence-electron chi connectivity index (χ1n) is 9.04. The Morgan fingerprint density at radius 1 is 1.50 bits per heavy atom. The van der Waals surface area contributed by atoms with Crippen LogP contribution in [0, 0.1) is 6.85 Å². The smallest absolute Gasteiger partial charge is 0.0487 e. The molecule has 0 bridgehead atoms. The van der Waals surface area contributed by atoms with Crippen LogP contribution in [0.3, 0.4) is 0 Å². The van der Waals surface area contributed by atoms with E-state index in [0.717, 1.165) is 12.3 Å². The van der Waals surface area contributed by atoms with Crippen molar-refractivity contribution in [3.05, 3.63) is 28.0 Å². The van der Waals surface area contributed by atoms with E-state index in [9.17, 15) is 0 Å².